The van der Waals surface area contributed by atoms with Crippen molar-refractivity contribution in [3.05, 3.63) is 47.0 Å². The molecule has 2 aromatic rings. The summed E-state index contributed by atoms with van der Waals surface area (Å²) in [6, 6.07) is 11.6. The second kappa shape index (κ2) is 5.75. The SMILES string of the molecule is CCNCCCCc1ccc2c3c(cccc13)CC2. The molecular weight excluding hydrogens is 230 g/mol. The molecule has 0 heterocycles. The van der Waals surface area contributed by atoms with Crippen LogP contribution in [0.25, 0.3) is 10.8 Å². The Morgan fingerprint density at radius 2 is 1.84 bits per heavy atom. The topological polar surface area (TPSA) is 12.0 Å². The van der Waals surface area contributed by atoms with Crippen LogP contribution >= 0.6 is 0 Å². The number of hydrogen-bond acceptors (Lipinski definition) is 1. The van der Waals surface area contributed by atoms with E-state index in [2.05, 4.69) is 42.6 Å². The maximum atomic E-state index is 3.40. The molecule has 0 bridgehead atoms. The third kappa shape index (κ3) is 2.52. The van der Waals surface area contributed by atoms with E-state index >= 15 is 0 Å². The first kappa shape index (κ1) is 12.7. The first-order chi connectivity index (χ1) is 9.40. The molecule has 1 N–H and O–H groups in total. The molecule has 19 heavy (non-hydrogen) atoms. The van der Waals surface area contributed by atoms with Crippen LogP contribution in [0, 0.1) is 0 Å². The van der Waals surface area contributed by atoms with Gasteiger partial charge in [0.2, 0.25) is 0 Å². The number of benzene rings is 2. The van der Waals surface area contributed by atoms with Gasteiger partial charge in [-0.1, -0.05) is 37.3 Å². The average Bonchev–Trinajstić information content (AvgIpc) is 2.86. The van der Waals surface area contributed by atoms with Crippen molar-refractivity contribution in [3.63, 3.8) is 0 Å². The molecule has 0 spiro atoms. The van der Waals surface area contributed by atoms with Gasteiger partial charge in [-0.15, -0.1) is 0 Å². The molecule has 0 aliphatic heterocycles. The van der Waals surface area contributed by atoms with Crippen molar-refractivity contribution in [1.29, 1.82) is 0 Å². The molecule has 1 aliphatic carbocycles. The molecule has 1 heteroatoms. The van der Waals surface area contributed by atoms with Gasteiger partial charge in [0.15, 0.2) is 0 Å². The lowest BCUT2D eigenvalue weighted by atomic mass is 9.97. The lowest BCUT2D eigenvalue weighted by Gasteiger charge is -2.09. The molecular formula is C18H23N. The summed E-state index contributed by atoms with van der Waals surface area (Å²) in [5, 5.41) is 6.47. The monoisotopic (exact) mass is 253 g/mol. The highest BCUT2D eigenvalue weighted by Gasteiger charge is 2.15. The molecule has 100 valence electrons. The van der Waals surface area contributed by atoms with Crippen molar-refractivity contribution in [3.8, 4) is 0 Å². The van der Waals surface area contributed by atoms with Crippen molar-refractivity contribution in [2.24, 2.45) is 0 Å². The number of unbranched alkanes of at least 4 members (excludes halogenated alkanes) is 1. The molecule has 0 aromatic heterocycles. The summed E-state index contributed by atoms with van der Waals surface area (Å²) in [6.07, 6.45) is 6.24. The van der Waals surface area contributed by atoms with Crippen LogP contribution in [0.5, 0.6) is 0 Å². The van der Waals surface area contributed by atoms with Gasteiger partial charge in [-0.25, -0.2) is 0 Å². The maximum absolute atomic E-state index is 3.40. The fourth-order valence-electron chi connectivity index (χ4n) is 3.27. The number of nitrogens with one attached hydrogen (secondary N) is 1. The molecule has 0 saturated carbocycles. The molecule has 3 rings (SSSR count). The Labute approximate surface area is 116 Å². The van der Waals surface area contributed by atoms with Crippen LogP contribution in [-0.2, 0) is 19.3 Å². The second-order valence-electron chi connectivity index (χ2n) is 5.53. The molecule has 2 aromatic carbocycles. The van der Waals surface area contributed by atoms with E-state index in [1.54, 1.807) is 22.1 Å². The Bertz CT molecular complexity index is 561. The van der Waals surface area contributed by atoms with E-state index in [9.17, 15) is 0 Å². The van der Waals surface area contributed by atoms with Crippen LogP contribution in [0.3, 0.4) is 0 Å². The van der Waals surface area contributed by atoms with Crippen LogP contribution in [0.4, 0.5) is 0 Å². The van der Waals surface area contributed by atoms with Crippen molar-refractivity contribution >= 4 is 10.8 Å². The molecule has 1 aliphatic rings. The van der Waals surface area contributed by atoms with Gasteiger partial charge in [0, 0.05) is 0 Å². The van der Waals surface area contributed by atoms with Gasteiger partial charge in [-0.3, -0.25) is 0 Å². The Hall–Kier alpha value is -1.34. The largest absolute Gasteiger partial charge is 0.317 e. The highest BCUT2D eigenvalue weighted by Crippen LogP contribution is 2.33. The lowest BCUT2D eigenvalue weighted by Crippen LogP contribution is -2.13. The summed E-state index contributed by atoms with van der Waals surface area (Å²) < 4.78 is 0. The van der Waals surface area contributed by atoms with Crippen LogP contribution in [0.15, 0.2) is 30.3 Å². The highest BCUT2D eigenvalue weighted by molar-refractivity contribution is 5.93. The fraction of sp³-hybridized carbons (Fsp3) is 0.444. The molecule has 0 unspecified atom stereocenters. The third-order valence-electron chi connectivity index (χ3n) is 4.27. The predicted molar refractivity (Wildman–Crippen MR) is 82.8 cm³/mol. The van der Waals surface area contributed by atoms with Crippen LogP contribution in [0.2, 0.25) is 0 Å². The first-order valence-corrected chi connectivity index (χ1v) is 7.63. The van der Waals surface area contributed by atoms with Gasteiger partial charge >= 0.3 is 0 Å². The second-order valence-corrected chi connectivity index (χ2v) is 5.53. The zero-order chi connectivity index (χ0) is 13.1. The summed E-state index contributed by atoms with van der Waals surface area (Å²) in [5.41, 5.74) is 4.66. The number of rotatable bonds is 6. The van der Waals surface area contributed by atoms with E-state index in [1.807, 2.05) is 0 Å². The summed E-state index contributed by atoms with van der Waals surface area (Å²) in [7, 11) is 0. The molecule has 0 saturated heterocycles. The number of hydrogen-bond donors (Lipinski definition) is 1. The molecule has 0 fully saturated rings. The normalized spacial score (nSPS) is 13.3. The summed E-state index contributed by atoms with van der Waals surface area (Å²) in [4.78, 5) is 0. The Morgan fingerprint density at radius 3 is 2.68 bits per heavy atom. The molecule has 0 amide bonds. The van der Waals surface area contributed by atoms with Gasteiger partial charge in [0.05, 0.1) is 0 Å². The van der Waals surface area contributed by atoms with Gasteiger partial charge < -0.3 is 5.32 Å². The zero-order valence-corrected chi connectivity index (χ0v) is 11.8. The van der Waals surface area contributed by atoms with E-state index in [0.717, 1.165) is 13.1 Å². The van der Waals surface area contributed by atoms with E-state index < -0.39 is 0 Å². The minimum Gasteiger partial charge on any atom is -0.317 e. The third-order valence-corrected chi connectivity index (χ3v) is 4.27. The Morgan fingerprint density at radius 1 is 1.00 bits per heavy atom. The van der Waals surface area contributed by atoms with Crippen LogP contribution in [-0.4, -0.2) is 13.1 Å². The standard InChI is InChI=1S/C18H23N/c1-2-19-13-4-3-6-14-9-10-16-12-11-15-7-5-8-17(14)18(15)16/h5,7-10,19H,2-4,6,11-13H2,1H3. The quantitative estimate of drug-likeness (QED) is 0.771. The van der Waals surface area contributed by atoms with Crippen molar-refractivity contribution in [1.82, 2.24) is 5.32 Å². The van der Waals surface area contributed by atoms with E-state index in [1.165, 1.54) is 37.5 Å². The fourth-order valence-corrected chi connectivity index (χ4v) is 3.27. The van der Waals surface area contributed by atoms with E-state index in [4.69, 9.17) is 0 Å². The van der Waals surface area contributed by atoms with Crippen LogP contribution < -0.4 is 5.32 Å². The van der Waals surface area contributed by atoms with Gasteiger partial charge in [0.1, 0.15) is 0 Å². The maximum Gasteiger partial charge on any atom is -0.00489 e. The summed E-state index contributed by atoms with van der Waals surface area (Å²) in [6.45, 7) is 4.40. The smallest absolute Gasteiger partial charge is 0.00489 e. The van der Waals surface area contributed by atoms with E-state index in [-0.39, 0.29) is 0 Å². The number of aryl methyl sites for hydroxylation is 3. The van der Waals surface area contributed by atoms with Crippen molar-refractivity contribution in [2.75, 3.05) is 13.1 Å². The van der Waals surface area contributed by atoms with Gasteiger partial charge in [-0.2, -0.15) is 0 Å². The van der Waals surface area contributed by atoms with Crippen molar-refractivity contribution < 1.29 is 0 Å². The summed E-state index contributed by atoms with van der Waals surface area (Å²) >= 11 is 0. The predicted octanol–water partition coefficient (Wildman–Crippen LogP) is 3.87. The first-order valence-electron chi connectivity index (χ1n) is 7.63. The van der Waals surface area contributed by atoms with Gasteiger partial charge in [-0.05, 0) is 72.7 Å². The Kier molecular flexibility index (Phi) is 3.84. The lowest BCUT2D eigenvalue weighted by molar-refractivity contribution is 0.642. The van der Waals surface area contributed by atoms with E-state index in [0.29, 0.717) is 0 Å². The molecule has 0 atom stereocenters. The van der Waals surface area contributed by atoms with Gasteiger partial charge in [0.25, 0.3) is 0 Å². The summed E-state index contributed by atoms with van der Waals surface area (Å²) in [5.74, 6) is 0. The molecule has 0 radical (unpaired) electrons. The average molecular weight is 253 g/mol. The minimum absolute atomic E-state index is 1.08. The van der Waals surface area contributed by atoms with Crippen molar-refractivity contribution in [2.45, 2.75) is 39.0 Å². The zero-order valence-electron chi connectivity index (χ0n) is 11.8. The highest BCUT2D eigenvalue weighted by atomic mass is 14.8. The molecule has 1 nitrogen and oxygen atoms in total. The van der Waals surface area contributed by atoms with Crippen LogP contribution in [0.1, 0.15) is 36.5 Å². The Balaban J connectivity index is 1.78. The minimum atomic E-state index is 1.08.